The van der Waals surface area contributed by atoms with Gasteiger partial charge in [0.1, 0.15) is 0 Å². The normalized spacial score (nSPS) is 24.0. The van der Waals surface area contributed by atoms with Crippen LogP contribution in [0.15, 0.2) is 0 Å². The molecular weight excluding hydrogens is 252 g/mol. The minimum Gasteiger partial charge on any atom is -0.345 e. The second kappa shape index (κ2) is 5.56. The van der Waals surface area contributed by atoms with E-state index in [2.05, 4.69) is 22.0 Å². The fourth-order valence-corrected chi connectivity index (χ4v) is 3.47. The smallest absolute Gasteiger partial charge is 0.222 e. The van der Waals surface area contributed by atoms with Gasteiger partial charge in [-0.2, -0.15) is 5.10 Å². The van der Waals surface area contributed by atoms with E-state index in [1.165, 1.54) is 17.0 Å². The van der Waals surface area contributed by atoms with Crippen molar-refractivity contribution in [3.05, 3.63) is 17.0 Å². The predicted molar refractivity (Wildman–Crippen MR) is 77.3 cm³/mol. The highest BCUT2D eigenvalue weighted by Gasteiger charge is 2.27. The number of piperidine rings is 1. The van der Waals surface area contributed by atoms with Gasteiger partial charge < -0.3 is 4.90 Å². The van der Waals surface area contributed by atoms with Gasteiger partial charge in [-0.15, -0.1) is 0 Å². The van der Waals surface area contributed by atoms with Crippen molar-refractivity contribution in [3.63, 3.8) is 0 Å². The summed E-state index contributed by atoms with van der Waals surface area (Å²) in [5.74, 6) is 0.918. The number of nitrogens with zero attached hydrogens (tertiary/aromatic N) is 3. The van der Waals surface area contributed by atoms with Crippen molar-refractivity contribution in [3.8, 4) is 0 Å². The van der Waals surface area contributed by atoms with Gasteiger partial charge in [-0.25, -0.2) is 0 Å². The van der Waals surface area contributed by atoms with Crippen molar-refractivity contribution >= 4 is 5.91 Å². The molecular formula is C15H24N4O. The first-order valence-electron chi connectivity index (χ1n) is 7.68. The van der Waals surface area contributed by atoms with E-state index >= 15 is 0 Å². The number of rotatable bonds is 3. The number of aromatic amines is 1. The SMILES string of the molecule is CCc1n[nH]c2c1CN(CC1CCC(=O)N(C)C1)CC2. The topological polar surface area (TPSA) is 52.2 Å². The number of hydrogen-bond donors (Lipinski definition) is 1. The maximum Gasteiger partial charge on any atom is 0.222 e. The molecule has 0 aromatic carbocycles. The molecule has 2 aliphatic heterocycles. The summed E-state index contributed by atoms with van der Waals surface area (Å²) in [6.07, 6.45) is 3.83. The lowest BCUT2D eigenvalue weighted by Crippen LogP contribution is -2.43. The van der Waals surface area contributed by atoms with Gasteiger partial charge in [-0.3, -0.25) is 14.8 Å². The molecule has 1 saturated heterocycles. The molecule has 1 aromatic rings. The number of nitrogens with one attached hydrogen (secondary N) is 1. The highest BCUT2D eigenvalue weighted by atomic mass is 16.2. The van der Waals surface area contributed by atoms with Gasteiger partial charge in [0, 0.05) is 57.3 Å². The lowest BCUT2D eigenvalue weighted by atomic mass is 9.95. The van der Waals surface area contributed by atoms with Crippen LogP contribution in [-0.4, -0.2) is 52.6 Å². The third kappa shape index (κ3) is 2.59. The van der Waals surface area contributed by atoms with Gasteiger partial charge in [-0.05, 0) is 18.8 Å². The van der Waals surface area contributed by atoms with E-state index < -0.39 is 0 Å². The summed E-state index contributed by atoms with van der Waals surface area (Å²) in [7, 11) is 1.92. The fourth-order valence-electron chi connectivity index (χ4n) is 3.47. The lowest BCUT2D eigenvalue weighted by Gasteiger charge is -2.35. The number of fused-ring (bicyclic) bond motifs is 1. The molecule has 1 unspecified atom stereocenters. The zero-order valence-corrected chi connectivity index (χ0v) is 12.5. The van der Waals surface area contributed by atoms with Gasteiger partial charge in [0.05, 0.1) is 5.69 Å². The molecule has 20 heavy (non-hydrogen) atoms. The Balaban J connectivity index is 1.61. The molecule has 5 nitrogen and oxygen atoms in total. The first-order valence-corrected chi connectivity index (χ1v) is 7.68. The second-order valence-corrected chi connectivity index (χ2v) is 6.15. The zero-order chi connectivity index (χ0) is 14.1. The summed E-state index contributed by atoms with van der Waals surface area (Å²) >= 11 is 0. The largest absolute Gasteiger partial charge is 0.345 e. The number of H-pyrrole nitrogens is 1. The molecule has 0 aliphatic carbocycles. The molecule has 0 saturated carbocycles. The second-order valence-electron chi connectivity index (χ2n) is 6.15. The van der Waals surface area contributed by atoms with Crippen LogP contribution < -0.4 is 0 Å². The van der Waals surface area contributed by atoms with Crippen LogP contribution in [0.25, 0.3) is 0 Å². The lowest BCUT2D eigenvalue weighted by molar-refractivity contribution is -0.133. The van der Waals surface area contributed by atoms with E-state index in [4.69, 9.17) is 0 Å². The van der Waals surface area contributed by atoms with E-state index in [0.29, 0.717) is 18.2 Å². The molecule has 0 spiro atoms. The molecule has 1 N–H and O–H groups in total. The Morgan fingerprint density at radius 1 is 1.40 bits per heavy atom. The van der Waals surface area contributed by atoms with Gasteiger partial charge in [0.15, 0.2) is 0 Å². The highest BCUT2D eigenvalue weighted by Crippen LogP contribution is 2.24. The van der Waals surface area contributed by atoms with E-state index in [9.17, 15) is 4.79 Å². The number of amides is 1. The molecule has 3 heterocycles. The number of carbonyl (C=O) groups excluding carboxylic acids is 1. The Hall–Kier alpha value is -1.36. The minimum absolute atomic E-state index is 0.297. The summed E-state index contributed by atoms with van der Waals surface area (Å²) in [4.78, 5) is 16.0. The molecule has 5 heteroatoms. The Bertz CT molecular complexity index is 483. The van der Waals surface area contributed by atoms with Crippen LogP contribution in [0, 0.1) is 5.92 Å². The molecule has 3 rings (SSSR count). The quantitative estimate of drug-likeness (QED) is 0.902. The Kier molecular flexibility index (Phi) is 3.78. The molecule has 0 bridgehead atoms. The van der Waals surface area contributed by atoms with Gasteiger partial charge >= 0.3 is 0 Å². The van der Waals surface area contributed by atoms with Crippen LogP contribution in [0.3, 0.4) is 0 Å². The van der Waals surface area contributed by atoms with Gasteiger partial charge in [0.25, 0.3) is 0 Å². The molecule has 1 aromatic heterocycles. The average molecular weight is 276 g/mol. The maximum absolute atomic E-state index is 11.5. The van der Waals surface area contributed by atoms with Gasteiger partial charge in [0.2, 0.25) is 5.91 Å². The van der Waals surface area contributed by atoms with Crippen LogP contribution >= 0.6 is 0 Å². The van der Waals surface area contributed by atoms with Crippen molar-refractivity contribution in [2.75, 3.05) is 26.7 Å². The van der Waals surface area contributed by atoms with E-state index in [1.807, 2.05) is 11.9 Å². The monoisotopic (exact) mass is 276 g/mol. The van der Waals surface area contributed by atoms with Crippen LogP contribution in [0.1, 0.15) is 36.7 Å². The Morgan fingerprint density at radius 3 is 3.00 bits per heavy atom. The molecule has 0 radical (unpaired) electrons. The van der Waals surface area contributed by atoms with Crippen LogP contribution in [0.2, 0.25) is 0 Å². The van der Waals surface area contributed by atoms with E-state index in [1.54, 1.807) is 0 Å². The van der Waals surface area contributed by atoms with Crippen molar-refractivity contribution in [2.45, 2.75) is 39.2 Å². The number of likely N-dealkylation sites (tertiary alicyclic amines) is 1. The van der Waals surface area contributed by atoms with Crippen molar-refractivity contribution < 1.29 is 4.79 Å². The Labute approximate surface area is 120 Å². The van der Waals surface area contributed by atoms with Gasteiger partial charge in [-0.1, -0.05) is 6.92 Å². The summed E-state index contributed by atoms with van der Waals surface area (Å²) in [6.45, 7) is 6.30. The van der Waals surface area contributed by atoms with Crippen LogP contribution in [0.4, 0.5) is 0 Å². The summed E-state index contributed by atoms with van der Waals surface area (Å²) < 4.78 is 0. The number of hydrogen-bond acceptors (Lipinski definition) is 3. The van der Waals surface area contributed by atoms with E-state index in [0.717, 1.165) is 45.4 Å². The number of aryl methyl sites for hydroxylation is 1. The van der Waals surface area contributed by atoms with E-state index in [-0.39, 0.29) is 0 Å². The number of aromatic nitrogens is 2. The number of carbonyl (C=O) groups is 1. The molecule has 1 fully saturated rings. The maximum atomic E-state index is 11.5. The summed E-state index contributed by atoms with van der Waals surface area (Å²) in [6, 6.07) is 0. The molecule has 1 atom stereocenters. The summed E-state index contributed by atoms with van der Waals surface area (Å²) in [5, 5.41) is 7.60. The zero-order valence-electron chi connectivity index (χ0n) is 12.5. The predicted octanol–water partition coefficient (Wildman–Crippen LogP) is 1.20. The third-order valence-corrected chi connectivity index (χ3v) is 4.67. The molecule has 2 aliphatic rings. The van der Waals surface area contributed by atoms with Crippen molar-refractivity contribution in [1.82, 2.24) is 20.0 Å². The summed E-state index contributed by atoms with van der Waals surface area (Å²) in [5.41, 5.74) is 3.97. The van der Waals surface area contributed by atoms with Crippen LogP contribution in [-0.2, 0) is 24.2 Å². The molecule has 110 valence electrons. The third-order valence-electron chi connectivity index (χ3n) is 4.67. The van der Waals surface area contributed by atoms with Crippen molar-refractivity contribution in [2.24, 2.45) is 5.92 Å². The minimum atomic E-state index is 0.297. The molecule has 1 amide bonds. The average Bonchev–Trinajstić information content (AvgIpc) is 2.85. The van der Waals surface area contributed by atoms with Crippen molar-refractivity contribution in [1.29, 1.82) is 0 Å². The Morgan fingerprint density at radius 2 is 2.25 bits per heavy atom. The standard InChI is InChI=1S/C15H24N4O/c1-3-13-12-10-19(7-6-14(12)17-16-13)9-11-4-5-15(20)18(2)8-11/h11H,3-10H2,1-2H3,(H,16,17). The first-order chi connectivity index (χ1) is 9.67. The highest BCUT2D eigenvalue weighted by molar-refractivity contribution is 5.76. The first kappa shape index (κ1) is 13.6. The fraction of sp³-hybridized carbons (Fsp3) is 0.733. The van der Waals surface area contributed by atoms with Crippen LogP contribution in [0.5, 0.6) is 0 Å².